The van der Waals surface area contributed by atoms with Gasteiger partial charge < -0.3 is 15.3 Å². The van der Waals surface area contributed by atoms with Crippen molar-refractivity contribution in [1.82, 2.24) is 29.5 Å². The van der Waals surface area contributed by atoms with E-state index in [1.54, 1.807) is 18.5 Å². The molecular weight excluding hydrogens is 670 g/mol. The number of hydrogen-bond donors (Lipinski definition) is 1. The topological polar surface area (TPSA) is 203 Å². The number of ether oxygens (including phenoxy) is 1. The van der Waals surface area contributed by atoms with Crippen LogP contribution in [0.2, 0.25) is 10.0 Å². The first-order chi connectivity index (χ1) is 21.7. The molecule has 0 saturated carbocycles. The van der Waals surface area contributed by atoms with Gasteiger partial charge in [-0.15, -0.1) is 0 Å². The number of halogens is 2. The Morgan fingerprint density at radius 1 is 0.812 bits per heavy atom. The van der Waals surface area contributed by atoms with Gasteiger partial charge in [-0.05, 0) is 47.5 Å². The average Bonchev–Trinajstić information content (AvgIpc) is 3.64. The molecule has 0 fully saturated rings. The number of aromatic carboxylic acids is 1. The molecule has 0 bridgehead atoms. The Labute approximate surface area is 306 Å². The molecule has 6 rings (SSSR count). The van der Waals surface area contributed by atoms with Crippen LogP contribution < -0.4 is 29.6 Å². The van der Waals surface area contributed by atoms with Crippen LogP contribution in [0.4, 0.5) is 0 Å². The van der Waals surface area contributed by atoms with E-state index in [1.807, 2.05) is 54.6 Å². The van der Waals surface area contributed by atoms with Gasteiger partial charge in [0, 0.05) is 35.6 Å². The first kappa shape index (κ1) is 39.3. The summed E-state index contributed by atoms with van der Waals surface area (Å²) in [6.45, 7) is 0.762. The Hall–Kier alpha value is -4.86. The normalized spacial score (nSPS) is 9.85. The molecule has 4 aromatic heterocycles. The van der Waals surface area contributed by atoms with E-state index in [9.17, 15) is 9.59 Å². The van der Waals surface area contributed by atoms with Crippen LogP contribution in [-0.2, 0) is 17.8 Å². The molecule has 0 aliphatic rings. The fourth-order valence-electron chi connectivity index (χ4n) is 4.45. The number of carbonyl (C=O) groups is 2. The van der Waals surface area contributed by atoms with Crippen molar-refractivity contribution in [3.63, 3.8) is 0 Å². The van der Waals surface area contributed by atoms with Crippen LogP contribution in [0, 0.1) is 22.7 Å². The molecule has 4 heterocycles. The summed E-state index contributed by atoms with van der Waals surface area (Å²) in [7, 11) is 1.25. The van der Waals surface area contributed by atoms with Crippen LogP contribution in [0.3, 0.4) is 0 Å². The van der Waals surface area contributed by atoms with Crippen LogP contribution in [0.1, 0.15) is 50.7 Å². The van der Waals surface area contributed by atoms with Crippen molar-refractivity contribution in [2.45, 2.75) is 20.5 Å². The van der Waals surface area contributed by atoms with E-state index in [2.05, 4.69) is 24.9 Å². The van der Waals surface area contributed by atoms with Gasteiger partial charge in [0.2, 0.25) is 0 Å². The second-order valence-electron chi connectivity index (χ2n) is 9.56. The summed E-state index contributed by atoms with van der Waals surface area (Å²) in [6, 6.07) is 18.8. The van der Waals surface area contributed by atoms with E-state index in [1.165, 1.54) is 28.9 Å². The third kappa shape index (κ3) is 9.14. The molecule has 48 heavy (non-hydrogen) atoms. The maximum Gasteiger partial charge on any atom is 1.00 e. The minimum Gasteiger partial charge on any atom is -0.870 e. The van der Waals surface area contributed by atoms with Crippen LogP contribution in [0.5, 0.6) is 0 Å². The van der Waals surface area contributed by atoms with Crippen molar-refractivity contribution in [2.75, 3.05) is 7.11 Å². The number of nitrogens with zero attached hydrogens (tertiary/aromatic N) is 8. The summed E-state index contributed by atoms with van der Waals surface area (Å²) in [6.07, 6.45) is 6.12. The van der Waals surface area contributed by atoms with Crippen molar-refractivity contribution >= 4 is 56.9 Å². The molecule has 0 unspecified atom stereocenters. The van der Waals surface area contributed by atoms with Crippen LogP contribution in [0.15, 0.2) is 73.3 Å². The molecule has 16 heteroatoms. The van der Waals surface area contributed by atoms with E-state index in [0.29, 0.717) is 23.1 Å². The number of fused-ring (bicyclic) bond motifs is 2. The Bertz CT molecular complexity index is 2190. The zero-order valence-corrected chi connectivity index (χ0v) is 28.3. The number of carboxylic acid groups (broad SMARTS) is 1. The quantitative estimate of drug-likeness (QED) is 0.198. The maximum atomic E-state index is 11.6. The van der Waals surface area contributed by atoms with Gasteiger partial charge in [-0.1, -0.05) is 42.8 Å². The Morgan fingerprint density at radius 3 is 1.65 bits per heavy atom. The number of esters is 1. The van der Waals surface area contributed by atoms with E-state index >= 15 is 0 Å². The molecule has 6 aromatic rings. The minimum absolute atomic E-state index is 0. The molecule has 0 saturated heterocycles. The molecule has 13 nitrogen and oxygen atoms in total. The van der Waals surface area contributed by atoms with Gasteiger partial charge in [0.1, 0.15) is 23.3 Å². The second kappa shape index (κ2) is 17.3. The predicted octanol–water partition coefficient (Wildman–Crippen LogP) is 2.96. The molecule has 0 aliphatic heterocycles. The van der Waals surface area contributed by atoms with Gasteiger partial charge in [0.05, 0.1) is 41.3 Å². The largest absolute Gasteiger partial charge is 1.00 e. The predicted molar refractivity (Wildman–Crippen MR) is 173 cm³/mol. The Balaban J connectivity index is 0.000000314. The Kier molecular flexibility index (Phi) is 14.2. The maximum absolute atomic E-state index is 11.6. The summed E-state index contributed by atoms with van der Waals surface area (Å²) >= 11 is 11.9. The number of pyridine rings is 2. The minimum atomic E-state index is -1.22. The van der Waals surface area contributed by atoms with Crippen molar-refractivity contribution in [3.8, 4) is 12.1 Å². The third-order valence-corrected chi connectivity index (χ3v) is 6.87. The number of benzene rings is 2. The number of hydrogen-bond acceptors (Lipinski definition) is 10. The van der Waals surface area contributed by atoms with Crippen molar-refractivity contribution in [3.05, 3.63) is 117 Å². The molecule has 0 amide bonds. The summed E-state index contributed by atoms with van der Waals surface area (Å²) < 4.78 is 7.59. The fraction of sp³-hybridized carbons (Fsp3) is 0.125. The summed E-state index contributed by atoms with van der Waals surface area (Å²) in [5.41, 5.74) is 3.50. The van der Waals surface area contributed by atoms with Crippen molar-refractivity contribution in [1.29, 1.82) is 10.5 Å². The van der Waals surface area contributed by atoms with Gasteiger partial charge in [-0.3, -0.25) is 19.3 Å². The number of rotatable bonds is 6. The first-order valence-electron chi connectivity index (χ1n) is 13.0. The molecule has 238 valence electrons. The van der Waals surface area contributed by atoms with E-state index in [-0.39, 0.29) is 65.0 Å². The number of nitriles is 2. The van der Waals surface area contributed by atoms with Gasteiger partial charge in [-0.2, -0.15) is 20.7 Å². The van der Waals surface area contributed by atoms with E-state index in [4.69, 9.17) is 38.8 Å². The number of methoxy groups -OCH3 is 1. The van der Waals surface area contributed by atoms with Crippen molar-refractivity contribution < 1.29 is 54.5 Å². The van der Waals surface area contributed by atoms with Crippen molar-refractivity contribution in [2.24, 2.45) is 0 Å². The molecule has 2 aromatic carbocycles. The summed E-state index contributed by atoms with van der Waals surface area (Å²) in [4.78, 5) is 31.1. The zero-order valence-electron chi connectivity index (χ0n) is 24.8. The molecule has 0 spiro atoms. The number of aromatic nitrogens is 6. The molecule has 0 radical (unpaired) electrons. The van der Waals surface area contributed by atoms with E-state index < -0.39 is 11.9 Å². The van der Waals surface area contributed by atoms with Crippen LogP contribution >= 0.6 is 23.2 Å². The van der Waals surface area contributed by atoms with Gasteiger partial charge in [-0.25, -0.2) is 9.59 Å². The zero-order chi connectivity index (χ0) is 32.1. The van der Waals surface area contributed by atoms with Gasteiger partial charge >= 0.3 is 41.5 Å². The van der Waals surface area contributed by atoms with Gasteiger partial charge in [0.25, 0.3) is 0 Å². The first-order valence-corrected chi connectivity index (χ1v) is 13.8. The number of carboxylic acids is 1. The molecule has 0 aliphatic carbocycles. The van der Waals surface area contributed by atoms with E-state index in [0.717, 1.165) is 32.9 Å². The molecule has 0 atom stereocenters. The molecule has 2 N–H and O–H groups in total. The SMILES string of the molecule is C.COC(=O)c1nn(Cc2ccc3ncc(Cl)cc3c2)cc1C#N.N#Cc1cn(Cc2ccc3ncc(Cl)cc3c2)nc1C(=O)O.[Na+].[OH-]. The standard InChI is InChI=1S/C16H11ClN4O2.C15H9ClN4O2.CH4.Na.H2O/c1-23-16(22)15-12(6-18)9-21(20-15)8-10-2-3-14-11(4-10)5-13(17)7-19-14;16-12-4-10-3-9(1-2-13(10)18-6-12)7-20-8-11(5-17)14(19-20)15(21)22;;;/h2-5,7,9H,8H2,1H3;1-4,6,8H,7H2,(H,21,22);1H4;;1H2/q;;;+1;/p-1. The average molecular weight is 695 g/mol. The monoisotopic (exact) mass is 694 g/mol. The summed E-state index contributed by atoms with van der Waals surface area (Å²) in [5, 5.41) is 38.0. The number of carbonyl (C=O) groups excluding carboxylic acids is 1. The Morgan fingerprint density at radius 2 is 1.25 bits per heavy atom. The van der Waals surface area contributed by atoms with Gasteiger partial charge in [0.15, 0.2) is 11.4 Å². The van der Waals surface area contributed by atoms with Crippen LogP contribution in [0.25, 0.3) is 21.8 Å². The second-order valence-corrected chi connectivity index (χ2v) is 10.4. The third-order valence-electron chi connectivity index (χ3n) is 6.46. The smallest absolute Gasteiger partial charge is 0.870 e. The molecular formula is C32H25Cl2N8NaO5. The summed E-state index contributed by atoms with van der Waals surface area (Å²) in [5.74, 6) is -1.85. The fourth-order valence-corrected chi connectivity index (χ4v) is 4.79. The van der Waals surface area contributed by atoms with Crippen LogP contribution in [-0.4, -0.2) is 59.2 Å².